The minimum absolute atomic E-state index is 0.0557. The van der Waals surface area contributed by atoms with Gasteiger partial charge in [0.25, 0.3) is 5.91 Å². The van der Waals surface area contributed by atoms with Gasteiger partial charge in [-0.1, -0.05) is 18.6 Å². The number of nitrogens with zero attached hydrogens (tertiary/aromatic N) is 1. The molecule has 24 heavy (non-hydrogen) atoms. The largest absolute Gasteiger partial charge is 0.351 e. The molecule has 1 atom stereocenters. The molecule has 1 aromatic rings. The van der Waals surface area contributed by atoms with Crippen LogP contribution in [0.15, 0.2) is 24.3 Å². The van der Waals surface area contributed by atoms with E-state index in [4.69, 9.17) is 0 Å². The molecule has 0 aromatic heterocycles. The lowest BCUT2D eigenvalue weighted by Gasteiger charge is -2.22. The Hall–Kier alpha value is -1.92. The molecular weight excluding hydrogens is 304 g/mol. The predicted molar refractivity (Wildman–Crippen MR) is 94.8 cm³/mol. The van der Waals surface area contributed by atoms with Gasteiger partial charge in [0.15, 0.2) is 0 Å². The second kappa shape index (κ2) is 9.39. The highest BCUT2D eigenvalue weighted by atomic mass is 16.2. The number of benzene rings is 1. The molecule has 0 radical (unpaired) electrons. The van der Waals surface area contributed by atoms with Gasteiger partial charge >= 0.3 is 0 Å². The first-order valence-corrected chi connectivity index (χ1v) is 8.59. The molecule has 1 aromatic carbocycles. The van der Waals surface area contributed by atoms with E-state index in [0.717, 1.165) is 37.9 Å². The molecule has 132 valence electrons. The van der Waals surface area contributed by atoms with Crippen molar-refractivity contribution in [3.05, 3.63) is 35.4 Å². The zero-order valence-electron chi connectivity index (χ0n) is 14.6. The van der Waals surface area contributed by atoms with Gasteiger partial charge in [0.05, 0.1) is 6.04 Å². The number of hydrogen-bond acceptors (Lipinski definition) is 4. The van der Waals surface area contributed by atoms with Crippen LogP contribution in [0.2, 0.25) is 0 Å². The summed E-state index contributed by atoms with van der Waals surface area (Å²) >= 11 is 0. The van der Waals surface area contributed by atoms with Gasteiger partial charge in [0.1, 0.15) is 0 Å². The monoisotopic (exact) mass is 332 g/mol. The lowest BCUT2D eigenvalue weighted by Crippen LogP contribution is -2.46. The fourth-order valence-electron chi connectivity index (χ4n) is 2.66. The van der Waals surface area contributed by atoms with Crippen LogP contribution < -0.4 is 16.0 Å². The van der Waals surface area contributed by atoms with Gasteiger partial charge in [0, 0.05) is 25.2 Å². The van der Waals surface area contributed by atoms with E-state index in [2.05, 4.69) is 16.0 Å². The van der Waals surface area contributed by atoms with E-state index in [9.17, 15) is 9.59 Å². The van der Waals surface area contributed by atoms with Crippen LogP contribution in [0.5, 0.6) is 0 Å². The number of piperidine rings is 1. The van der Waals surface area contributed by atoms with E-state index in [1.165, 1.54) is 0 Å². The number of nitrogens with one attached hydrogen (secondary N) is 3. The molecule has 6 heteroatoms. The Labute approximate surface area is 144 Å². The van der Waals surface area contributed by atoms with Crippen molar-refractivity contribution in [2.45, 2.75) is 31.8 Å². The smallest absolute Gasteiger partial charge is 0.251 e. The second-order valence-corrected chi connectivity index (χ2v) is 6.48. The molecule has 1 aliphatic rings. The van der Waals surface area contributed by atoms with Crippen LogP contribution in [0.25, 0.3) is 0 Å². The summed E-state index contributed by atoms with van der Waals surface area (Å²) < 4.78 is 0. The summed E-state index contributed by atoms with van der Waals surface area (Å²) in [6.07, 6.45) is 3.14. The molecule has 6 nitrogen and oxygen atoms in total. The Bertz CT molecular complexity index is 536. The molecule has 0 unspecified atom stereocenters. The molecule has 2 amide bonds. The van der Waals surface area contributed by atoms with Crippen molar-refractivity contribution in [1.82, 2.24) is 20.9 Å². The summed E-state index contributed by atoms with van der Waals surface area (Å²) in [5.74, 6) is -0.0148. The van der Waals surface area contributed by atoms with Crippen LogP contribution in [0.3, 0.4) is 0 Å². The molecule has 0 aliphatic carbocycles. The summed E-state index contributed by atoms with van der Waals surface area (Å²) in [4.78, 5) is 26.1. The highest BCUT2D eigenvalue weighted by Crippen LogP contribution is 2.08. The fraction of sp³-hybridized carbons (Fsp3) is 0.556. The van der Waals surface area contributed by atoms with Gasteiger partial charge in [-0.15, -0.1) is 0 Å². The molecule has 1 fully saturated rings. The topological polar surface area (TPSA) is 73.5 Å². The maximum atomic E-state index is 12.1. The number of carbonyl (C=O) groups excluding carboxylic acids is 2. The lowest BCUT2D eigenvalue weighted by atomic mass is 10.0. The first kappa shape index (κ1) is 18.4. The summed E-state index contributed by atoms with van der Waals surface area (Å²) in [6, 6.07) is 7.29. The molecule has 0 saturated carbocycles. The molecular formula is C18H28N4O2. The van der Waals surface area contributed by atoms with Crippen LogP contribution in [0.4, 0.5) is 0 Å². The molecule has 0 spiro atoms. The van der Waals surface area contributed by atoms with Crippen molar-refractivity contribution in [2.24, 2.45) is 0 Å². The Morgan fingerprint density at radius 2 is 1.92 bits per heavy atom. The van der Waals surface area contributed by atoms with Crippen LogP contribution in [0.1, 0.15) is 35.2 Å². The summed E-state index contributed by atoms with van der Waals surface area (Å²) in [7, 11) is 3.94. The minimum Gasteiger partial charge on any atom is -0.351 e. The van der Waals surface area contributed by atoms with Crippen molar-refractivity contribution >= 4 is 11.8 Å². The Balaban J connectivity index is 1.76. The molecule has 1 aliphatic heterocycles. The third-order valence-corrected chi connectivity index (χ3v) is 4.15. The van der Waals surface area contributed by atoms with Gasteiger partial charge in [-0.25, -0.2) is 0 Å². The SMILES string of the molecule is CN(C)CCNC(=O)c1ccc(CNC(=O)[C@H]2CCCCN2)cc1. The Morgan fingerprint density at radius 3 is 2.54 bits per heavy atom. The van der Waals surface area contributed by atoms with E-state index < -0.39 is 0 Å². The van der Waals surface area contributed by atoms with Crippen molar-refractivity contribution in [3.63, 3.8) is 0 Å². The lowest BCUT2D eigenvalue weighted by molar-refractivity contribution is -0.123. The van der Waals surface area contributed by atoms with E-state index in [1.807, 2.05) is 31.1 Å². The molecule has 1 saturated heterocycles. The highest BCUT2D eigenvalue weighted by Gasteiger charge is 2.19. The fourth-order valence-corrected chi connectivity index (χ4v) is 2.66. The molecule has 2 rings (SSSR count). The molecule has 0 bridgehead atoms. The van der Waals surface area contributed by atoms with E-state index in [0.29, 0.717) is 18.7 Å². The molecule has 1 heterocycles. The number of amides is 2. The number of carbonyl (C=O) groups is 2. The van der Waals surface area contributed by atoms with Crippen molar-refractivity contribution < 1.29 is 9.59 Å². The van der Waals surface area contributed by atoms with Crippen LogP contribution in [-0.2, 0) is 11.3 Å². The zero-order valence-corrected chi connectivity index (χ0v) is 14.6. The standard InChI is InChI=1S/C18H28N4O2/c1-22(2)12-11-20-17(23)15-8-6-14(7-9-15)13-21-18(24)16-5-3-4-10-19-16/h6-9,16,19H,3-5,10-13H2,1-2H3,(H,20,23)(H,21,24)/t16-/m1/s1. The Kier molecular flexibility index (Phi) is 7.21. The van der Waals surface area contributed by atoms with Crippen molar-refractivity contribution in [2.75, 3.05) is 33.7 Å². The first-order chi connectivity index (χ1) is 11.6. The van der Waals surface area contributed by atoms with Gasteiger partial charge in [-0.3, -0.25) is 9.59 Å². The van der Waals surface area contributed by atoms with Crippen LogP contribution in [0, 0.1) is 0 Å². The van der Waals surface area contributed by atoms with Crippen molar-refractivity contribution in [1.29, 1.82) is 0 Å². The second-order valence-electron chi connectivity index (χ2n) is 6.48. The third-order valence-electron chi connectivity index (χ3n) is 4.15. The average Bonchev–Trinajstić information content (AvgIpc) is 2.60. The minimum atomic E-state index is -0.0705. The van der Waals surface area contributed by atoms with Gasteiger partial charge in [-0.2, -0.15) is 0 Å². The predicted octanol–water partition coefficient (Wildman–Crippen LogP) is 0.736. The summed E-state index contributed by atoms with van der Waals surface area (Å²) in [5, 5.41) is 9.08. The van der Waals surface area contributed by atoms with Gasteiger partial charge in [0.2, 0.25) is 5.91 Å². The summed E-state index contributed by atoms with van der Waals surface area (Å²) in [5.41, 5.74) is 1.63. The van der Waals surface area contributed by atoms with Crippen molar-refractivity contribution in [3.8, 4) is 0 Å². The highest BCUT2D eigenvalue weighted by molar-refractivity contribution is 5.94. The zero-order chi connectivity index (χ0) is 17.4. The molecule has 3 N–H and O–H groups in total. The van der Waals surface area contributed by atoms with E-state index >= 15 is 0 Å². The van der Waals surface area contributed by atoms with E-state index in [-0.39, 0.29) is 17.9 Å². The number of rotatable bonds is 7. The van der Waals surface area contributed by atoms with Crippen LogP contribution >= 0.6 is 0 Å². The maximum Gasteiger partial charge on any atom is 0.251 e. The third kappa shape index (κ3) is 5.94. The summed E-state index contributed by atoms with van der Waals surface area (Å²) in [6.45, 7) is 2.83. The first-order valence-electron chi connectivity index (χ1n) is 8.59. The quantitative estimate of drug-likeness (QED) is 0.688. The average molecular weight is 332 g/mol. The number of hydrogen-bond donors (Lipinski definition) is 3. The van der Waals surface area contributed by atoms with Gasteiger partial charge < -0.3 is 20.9 Å². The van der Waals surface area contributed by atoms with Crippen LogP contribution in [-0.4, -0.2) is 56.5 Å². The van der Waals surface area contributed by atoms with E-state index in [1.54, 1.807) is 12.1 Å². The number of likely N-dealkylation sites (N-methyl/N-ethyl adjacent to an activating group) is 1. The van der Waals surface area contributed by atoms with Gasteiger partial charge in [-0.05, 0) is 51.2 Å². The normalized spacial score (nSPS) is 17.5. The Morgan fingerprint density at radius 1 is 1.17 bits per heavy atom. The maximum absolute atomic E-state index is 12.1.